The number of hydrogen-bond acceptors (Lipinski definition) is 4. The average Bonchev–Trinajstić information content (AvgIpc) is 3.80. The van der Waals surface area contributed by atoms with Gasteiger partial charge in [-0.25, -0.2) is 13.1 Å². The molecule has 1 heterocycles. The predicted octanol–water partition coefficient (Wildman–Crippen LogP) is 7.83. The standard InChI is InChI=1S/C33H46Cl2N2O4SSi/c1-6-17-33(23-41-18-19-43(3,4)5)21-30(25-9-8-10-27(35)20-25)31(24-11-13-26(34)14-12-24)37(32(33)38)28(7-2)22-36-42(39,40)29-15-16-29/h6,8-14,20,28-31,36H,1,7,15-19,21-23H2,2-5H3/t28-,30-,31-,33+/m1/s1. The quantitative estimate of drug-likeness (QED) is 0.120. The Balaban J connectivity index is 1.82. The van der Waals surface area contributed by atoms with E-state index < -0.39 is 23.5 Å². The number of carbonyl (C=O) groups is 1. The lowest BCUT2D eigenvalue weighted by atomic mass is 9.66. The van der Waals surface area contributed by atoms with Gasteiger partial charge in [0.15, 0.2) is 0 Å². The summed E-state index contributed by atoms with van der Waals surface area (Å²) in [6.45, 7) is 14.0. The number of nitrogens with one attached hydrogen (secondary N) is 1. The van der Waals surface area contributed by atoms with E-state index in [4.69, 9.17) is 27.9 Å². The fourth-order valence-electron chi connectivity index (χ4n) is 6.12. The number of nitrogens with zero attached hydrogens (tertiary/aromatic N) is 1. The Hall–Kier alpha value is -1.68. The summed E-state index contributed by atoms with van der Waals surface area (Å²) in [5, 5.41) is 0.895. The van der Waals surface area contributed by atoms with Crippen LogP contribution in [-0.4, -0.2) is 58.3 Å². The maximum atomic E-state index is 15.0. The average molecular weight is 666 g/mol. The van der Waals surface area contributed by atoms with Crippen molar-refractivity contribution in [2.24, 2.45) is 5.41 Å². The van der Waals surface area contributed by atoms with E-state index in [9.17, 15) is 13.2 Å². The van der Waals surface area contributed by atoms with Gasteiger partial charge in [-0.2, -0.15) is 0 Å². The Morgan fingerprint density at radius 3 is 2.40 bits per heavy atom. The van der Waals surface area contributed by atoms with Gasteiger partial charge >= 0.3 is 0 Å². The molecule has 2 fully saturated rings. The molecule has 1 N–H and O–H groups in total. The minimum Gasteiger partial charge on any atom is -0.381 e. The lowest BCUT2D eigenvalue weighted by Crippen LogP contribution is -2.59. The molecule has 4 rings (SSSR count). The Labute approximate surface area is 269 Å². The number of sulfonamides is 1. The van der Waals surface area contributed by atoms with E-state index in [1.807, 2.05) is 60.4 Å². The molecule has 1 aliphatic heterocycles. The molecule has 1 saturated carbocycles. The van der Waals surface area contributed by atoms with Crippen molar-refractivity contribution in [1.82, 2.24) is 9.62 Å². The van der Waals surface area contributed by atoms with Crippen molar-refractivity contribution in [3.8, 4) is 0 Å². The summed E-state index contributed by atoms with van der Waals surface area (Å²) in [5.74, 6) is -0.164. The topological polar surface area (TPSA) is 75.7 Å². The van der Waals surface area contributed by atoms with Gasteiger partial charge in [0, 0.05) is 43.2 Å². The number of likely N-dealkylation sites (tertiary alicyclic amines) is 1. The number of hydrogen-bond donors (Lipinski definition) is 1. The van der Waals surface area contributed by atoms with E-state index >= 15 is 0 Å². The zero-order valence-electron chi connectivity index (χ0n) is 25.8. The van der Waals surface area contributed by atoms with Gasteiger partial charge in [0.1, 0.15) is 0 Å². The monoisotopic (exact) mass is 664 g/mol. The summed E-state index contributed by atoms with van der Waals surface area (Å²) < 4.78 is 35.0. The van der Waals surface area contributed by atoms with Crippen molar-refractivity contribution in [1.29, 1.82) is 0 Å². The highest BCUT2D eigenvalue weighted by Crippen LogP contribution is 2.52. The second-order valence-electron chi connectivity index (χ2n) is 13.4. The molecular formula is C33H46Cl2N2O4SSi. The summed E-state index contributed by atoms with van der Waals surface area (Å²) in [6, 6.07) is 15.7. The zero-order chi connectivity index (χ0) is 31.4. The van der Waals surface area contributed by atoms with Gasteiger partial charge in [0.05, 0.1) is 23.3 Å². The Kier molecular flexibility index (Phi) is 11.3. The maximum absolute atomic E-state index is 15.0. The molecule has 6 nitrogen and oxygen atoms in total. The summed E-state index contributed by atoms with van der Waals surface area (Å²) in [7, 11) is -4.78. The third kappa shape index (κ3) is 8.53. The van der Waals surface area contributed by atoms with Crippen LogP contribution in [0.2, 0.25) is 35.7 Å². The van der Waals surface area contributed by atoms with E-state index in [1.54, 1.807) is 0 Å². The molecule has 236 valence electrons. The van der Waals surface area contributed by atoms with Gasteiger partial charge in [-0.15, -0.1) is 6.58 Å². The van der Waals surface area contributed by atoms with Crippen LogP contribution >= 0.6 is 23.2 Å². The third-order valence-electron chi connectivity index (χ3n) is 8.73. The largest absolute Gasteiger partial charge is 0.381 e. The van der Waals surface area contributed by atoms with Gasteiger partial charge in [0.2, 0.25) is 15.9 Å². The van der Waals surface area contributed by atoms with Crippen molar-refractivity contribution in [2.75, 3.05) is 19.8 Å². The van der Waals surface area contributed by atoms with Gasteiger partial charge in [-0.3, -0.25) is 4.79 Å². The second kappa shape index (κ2) is 14.2. The van der Waals surface area contributed by atoms with Crippen LogP contribution < -0.4 is 4.72 Å². The van der Waals surface area contributed by atoms with Crippen LogP contribution in [0.1, 0.15) is 62.1 Å². The van der Waals surface area contributed by atoms with Gasteiger partial charge in [-0.05, 0) is 73.5 Å². The van der Waals surface area contributed by atoms with E-state index in [1.165, 1.54) is 0 Å². The molecule has 43 heavy (non-hydrogen) atoms. The SMILES string of the molecule is C=CC[C@@]1(COCC[Si](C)(C)C)C[C@H](c2cccc(Cl)c2)[C@@H](c2ccc(Cl)cc2)N([C@H](CC)CNS(=O)(=O)C2CC2)C1=O. The molecule has 0 spiro atoms. The number of halogens is 2. The number of carbonyl (C=O) groups excluding carboxylic acids is 1. The number of allylic oxidation sites excluding steroid dienone is 1. The van der Waals surface area contributed by atoms with Crippen LogP contribution in [-0.2, 0) is 19.6 Å². The fourth-order valence-corrected chi connectivity index (χ4v) is 8.62. The van der Waals surface area contributed by atoms with E-state index in [2.05, 4.69) is 37.0 Å². The number of ether oxygens (including phenoxy) is 1. The first-order valence-corrected chi connectivity index (χ1v) is 21.3. The molecule has 2 aliphatic rings. The van der Waals surface area contributed by atoms with Crippen LogP contribution in [0.15, 0.2) is 61.2 Å². The normalized spacial score (nSPS) is 23.8. The maximum Gasteiger partial charge on any atom is 0.232 e. The predicted molar refractivity (Wildman–Crippen MR) is 180 cm³/mol. The summed E-state index contributed by atoms with van der Waals surface area (Å²) in [4.78, 5) is 16.9. The minimum atomic E-state index is -3.44. The van der Waals surface area contributed by atoms with Gasteiger partial charge in [0.25, 0.3) is 0 Å². The van der Waals surface area contributed by atoms with Gasteiger partial charge < -0.3 is 9.64 Å². The molecule has 0 bridgehead atoms. The first-order valence-electron chi connectivity index (χ1n) is 15.3. The number of benzene rings is 2. The lowest BCUT2D eigenvalue weighted by molar-refractivity contribution is -0.160. The van der Waals surface area contributed by atoms with Crippen molar-refractivity contribution in [2.45, 2.75) is 88.0 Å². The number of rotatable bonds is 15. The smallest absolute Gasteiger partial charge is 0.232 e. The lowest BCUT2D eigenvalue weighted by Gasteiger charge is -2.53. The highest BCUT2D eigenvalue weighted by molar-refractivity contribution is 7.90. The molecule has 1 saturated heterocycles. The first kappa shape index (κ1) is 34.2. The molecule has 0 unspecified atom stereocenters. The molecule has 0 radical (unpaired) electrons. The number of piperidine rings is 1. The minimum absolute atomic E-state index is 0.0314. The van der Waals surface area contributed by atoms with Crippen LogP contribution in [0.3, 0.4) is 0 Å². The molecule has 2 aromatic carbocycles. The van der Waals surface area contributed by atoms with Crippen LogP contribution in [0.25, 0.3) is 0 Å². The summed E-state index contributed by atoms with van der Waals surface area (Å²) in [6.07, 6.45) is 4.73. The molecule has 1 aliphatic carbocycles. The third-order valence-corrected chi connectivity index (χ3v) is 12.8. The molecule has 0 aromatic heterocycles. The Morgan fingerprint density at radius 2 is 1.81 bits per heavy atom. The van der Waals surface area contributed by atoms with E-state index in [-0.39, 0.29) is 42.3 Å². The van der Waals surface area contributed by atoms with Crippen LogP contribution in [0.4, 0.5) is 0 Å². The van der Waals surface area contributed by atoms with Crippen molar-refractivity contribution >= 4 is 47.2 Å². The van der Waals surface area contributed by atoms with Gasteiger partial charge in [-0.1, -0.05) is 80.1 Å². The molecule has 10 heteroatoms. The Morgan fingerprint density at radius 1 is 1.12 bits per heavy atom. The summed E-state index contributed by atoms with van der Waals surface area (Å²) >= 11 is 12.8. The van der Waals surface area contributed by atoms with Crippen molar-refractivity contribution < 1.29 is 17.9 Å². The Bertz CT molecular complexity index is 1380. The highest BCUT2D eigenvalue weighted by atomic mass is 35.5. The second-order valence-corrected chi connectivity index (χ2v) is 21.9. The van der Waals surface area contributed by atoms with E-state index in [0.717, 1.165) is 17.2 Å². The van der Waals surface area contributed by atoms with Crippen LogP contribution in [0, 0.1) is 5.41 Å². The highest BCUT2D eigenvalue weighted by Gasteiger charge is 2.53. The molecule has 2 aromatic rings. The fraction of sp³-hybridized carbons (Fsp3) is 0.545. The van der Waals surface area contributed by atoms with Crippen molar-refractivity contribution in [3.05, 3.63) is 82.4 Å². The summed E-state index contributed by atoms with van der Waals surface area (Å²) in [5.41, 5.74) is 1.10. The van der Waals surface area contributed by atoms with E-state index in [0.29, 0.717) is 48.8 Å². The first-order chi connectivity index (χ1) is 20.3. The zero-order valence-corrected chi connectivity index (χ0v) is 29.1. The molecule has 1 amide bonds. The molecular weight excluding hydrogens is 619 g/mol. The van der Waals surface area contributed by atoms with Crippen molar-refractivity contribution in [3.63, 3.8) is 0 Å². The number of amides is 1. The van der Waals surface area contributed by atoms with Crippen LogP contribution in [0.5, 0.6) is 0 Å². The molecule has 4 atom stereocenters.